The van der Waals surface area contributed by atoms with Crippen LogP contribution in [0.5, 0.6) is 0 Å². The van der Waals surface area contributed by atoms with E-state index in [1.165, 1.54) is 23.2 Å². The van der Waals surface area contributed by atoms with Gasteiger partial charge in [-0.25, -0.2) is 9.78 Å². The monoisotopic (exact) mass is 369 g/mol. The number of β-lactam (4-membered cyclic amide) rings is 1. The van der Waals surface area contributed by atoms with Crippen molar-refractivity contribution in [1.29, 1.82) is 0 Å². The van der Waals surface area contributed by atoms with Crippen molar-refractivity contribution < 1.29 is 24.7 Å². The molecule has 0 aromatic carbocycles. The number of carboxylic acids is 1. The number of nitrogens with two attached hydrogens (primary N) is 1. The first kappa shape index (κ1) is 16.3. The molecule has 2 aliphatic heterocycles. The minimum absolute atomic E-state index is 0.0866. The number of anilines is 1. The number of aromatic nitrogens is 1. The number of nitrogens with one attached hydrogen (secondary N) is 1. The Labute approximate surface area is 143 Å². The largest absolute Gasteiger partial charge is 0.477 e. The second-order valence-corrected chi connectivity index (χ2v) is 6.84. The first-order chi connectivity index (χ1) is 11.4. The van der Waals surface area contributed by atoms with Crippen LogP contribution < -0.4 is 11.1 Å². The average Bonchev–Trinajstić information content (AvgIpc) is 2.98. The molecule has 0 saturated carbocycles. The van der Waals surface area contributed by atoms with Crippen LogP contribution in [0.3, 0.4) is 0 Å². The third-order valence-corrected chi connectivity index (χ3v) is 5.29. The first-order valence-corrected chi connectivity index (χ1v) is 8.49. The number of aliphatic carboxylic acids is 1. The van der Waals surface area contributed by atoms with Gasteiger partial charge in [0.1, 0.15) is 22.8 Å². The van der Waals surface area contributed by atoms with Gasteiger partial charge in [-0.3, -0.25) is 14.5 Å². The number of rotatable bonds is 4. The number of oxime groups is 1. The number of thiazole rings is 1. The highest BCUT2D eigenvalue weighted by Crippen LogP contribution is 2.37. The van der Waals surface area contributed by atoms with E-state index < -0.39 is 29.2 Å². The predicted octanol–water partition coefficient (Wildman–Crippen LogP) is -0.728. The topological polar surface area (TPSA) is 158 Å². The van der Waals surface area contributed by atoms with Crippen LogP contribution in [0.25, 0.3) is 0 Å². The van der Waals surface area contributed by atoms with E-state index in [1.54, 1.807) is 0 Å². The van der Waals surface area contributed by atoms with E-state index in [9.17, 15) is 14.4 Å². The molecule has 24 heavy (non-hydrogen) atoms. The maximum atomic E-state index is 12.2. The summed E-state index contributed by atoms with van der Waals surface area (Å²) in [4.78, 5) is 40.5. The van der Waals surface area contributed by atoms with Crippen molar-refractivity contribution in [3.8, 4) is 0 Å². The molecule has 1 fully saturated rings. The molecule has 12 heteroatoms. The lowest BCUT2D eigenvalue weighted by Crippen LogP contribution is -2.70. The number of nitrogens with zero attached hydrogens (tertiary/aromatic N) is 3. The number of carbonyl (C=O) groups excluding carboxylic acids is 2. The lowest BCUT2D eigenvalue weighted by molar-refractivity contribution is -0.150. The Bertz CT molecular complexity index is 789. The van der Waals surface area contributed by atoms with Crippen LogP contribution in [0, 0.1) is 0 Å². The Morgan fingerprint density at radius 1 is 1.50 bits per heavy atom. The molecule has 1 saturated heterocycles. The van der Waals surface area contributed by atoms with Gasteiger partial charge in [-0.15, -0.1) is 23.1 Å². The average molecular weight is 369 g/mol. The molecule has 0 aliphatic carbocycles. The molecule has 3 heterocycles. The highest BCUT2D eigenvalue weighted by Gasteiger charge is 2.53. The predicted molar refractivity (Wildman–Crippen MR) is 85.6 cm³/mol. The summed E-state index contributed by atoms with van der Waals surface area (Å²) in [5.41, 5.74) is 5.09. The zero-order chi connectivity index (χ0) is 17.4. The fraction of sp³-hybridized carbons (Fsp3) is 0.250. The van der Waals surface area contributed by atoms with Crippen LogP contribution in [0.2, 0.25) is 0 Å². The number of carbonyl (C=O) groups is 3. The van der Waals surface area contributed by atoms with Gasteiger partial charge in [0.15, 0.2) is 10.8 Å². The highest BCUT2D eigenvalue weighted by atomic mass is 32.2. The summed E-state index contributed by atoms with van der Waals surface area (Å²) in [6.45, 7) is 0. The molecule has 0 bridgehead atoms. The van der Waals surface area contributed by atoms with Gasteiger partial charge in [0.05, 0.1) is 0 Å². The van der Waals surface area contributed by atoms with E-state index in [0.717, 1.165) is 16.2 Å². The quantitative estimate of drug-likeness (QED) is 0.234. The van der Waals surface area contributed by atoms with Crippen molar-refractivity contribution in [2.24, 2.45) is 5.16 Å². The van der Waals surface area contributed by atoms with Gasteiger partial charge in [0.2, 0.25) is 0 Å². The van der Waals surface area contributed by atoms with Gasteiger partial charge in [-0.1, -0.05) is 5.16 Å². The molecule has 2 atom stereocenters. The van der Waals surface area contributed by atoms with E-state index >= 15 is 0 Å². The van der Waals surface area contributed by atoms with Crippen LogP contribution in [0.1, 0.15) is 5.69 Å². The van der Waals surface area contributed by atoms with E-state index in [0.29, 0.717) is 5.75 Å². The molecule has 5 N–H and O–H groups in total. The number of nitrogen functional groups attached to an aromatic ring is 1. The number of carboxylic acid groups (broad SMARTS) is 1. The van der Waals surface area contributed by atoms with Crippen molar-refractivity contribution in [2.45, 2.75) is 11.4 Å². The third-order valence-electron chi connectivity index (χ3n) is 3.43. The van der Waals surface area contributed by atoms with Crippen molar-refractivity contribution in [1.82, 2.24) is 15.2 Å². The van der Waals surface area contributed by atoms with Crippen LogP contribution in [-0.2, 0) is 14.4 Å². The summed E-state index contributed by atoms with van der Waals surface area (Å²) in [6, 6.07) is -0.904. The van der Waals surface area contributed by atoms with E-state index in [-0.39, 0.29) is 22.2 Å². The van der Waals surface area contributed by atoms with Crippen molar-refractivity contribution >= 4 is 51.7 Å². The molecule has 1 aromatic heterocycles. The third kappa shape index (κ3) is 2.59. The van der Waals surface area contributed by atoms with Crippen molar-refractivity contribution in [2.75, 3.05) is 11.5 Å². The lowest BCUT2D eigenvalue weighted by atomic mass is 10.0. The Morgan fingerprint density at radius 2 is 2.25 bits per heavy atom. The Hall–Kier alpha value is -2.60. The molecule has 1 aromatic rings. The summed E-state index contributed by atoms with van der Waals surface area (Å²) >= 11 is 2.39. The molecule has 126 valence electrons. The maximum absolute atomic E-state index is 12.2. The molecule has 3 rings (SSSR count). The second-order valence-electron chi connectivity index (χ2n) is 4.80. The number of amides is 2. The molecular weight excluding hydrogens is 358 g/mol. The van der Waals surface area contributed by atoms with Crippen LogP contribution in [0.4, 0.5) is 5.13 Å². The SMILES string of the molecule is Nc1nc(/C(=N\O)C(=O)N[C@@H]2C(=O)N3C(C(=O)O)=CCS[C@H]23)cs1. The summed E-state index contributed by atoms with van der Waals surface area (Å²) in [5, 5.41) is 24.6. The molecule has 0 unspecified atom stereocenters. The zero-order valence-corrected chi connectivity index (χ0v) is 13.5. The standard InChI is InChI=1S/C12H11N5O5S2/c13-12-14-4(3-24-12)6(16-22)8(18)15-7-9(19)17-5(11(20)21)1-2-23-10(7)17/h1,3,7,10,22H,2H2,(H2,13,14)(H,15,18)(H,20,21)/b16-6+/t7-,10-/m1/s1. The Kier molecular flexibility index (Phi) is 4.15. The fourth-order valence-corrected chi connectivity index (χ4v) is 4.10. The smallest absolute Gasteiger partial charge is 0.352 e. The van der Waals surface area contributed by atoms with Gasteiger partial charge in [0.25, 0.3) is 11.8 Å². The second kappa shape index (κ2) is 6.13. The van der Waals surface area contributed by atoms with Crippen molar-refractivity contribution in [3.05, 3.63) is 22.8 Å². The minimum Gasteiger partial charge on any atom is -0.477 e. The Morgan fingerprint density at radius 3 is 2.83 bits per heavy atom. The lowest BCUT2D eigenvalue weighted by Gasteiger charge is -2.48. The van der Waals surface area contributed by atoms with Crippen LogP contribution in [-0.4, -0.2) is 60.9 Å². The van der Waals surface area contributed by atoms with E-state index in [2.05, 4.69) is 15.5 Å². The van der Waals surface area contributed by atoms with Gasteiger partial charge in [0, 0.05) is 11.1 Å². The Balaban J connectivity index is 1.73. The fourth-order valence-electron chi connectivity index (χ4n) is 2.36. The number of hydrogen-bond acceptors (Lipinski definition) is 9. The van der Waals surface area contributed by atoms with Gasteiger partial charge in [-0.05, 0) is 6.08 Å². The zero-order valence-electron chi connectivity index (χ0n) is 11.9. The van der Waals surface area contributed by atoms with E-state index in [4.69, 9.17) is 16.0 Å². The number of hydrogen-bond donors (Lipinski definition) is 4. The maximum Gasteiger partial charge on any atom is 0.352 e. The molecule has 0 spiro atoms. The normalized spacial score (nSPS) is 23.2. The summed E-state index contributed by atoms with van der Waals surface area (Å²) in [7, 11) is 0. The molecule has 0 radical (unpaired) electrons. The molecular formula is C12H11N5O5S2. The van der Waals surface area contributed by atoms with Gasteiger partial charge >= 0.3 is 5.97 Å². The first-order valence-electron chi connectivity index (χ1n) is 6.56. The van der Waals surface area contributed by atoms with Crippen LogP contribution >= 0.6 is 23.1 Å². The highest BCUT2D eigenvalue weighted by molar-refractivity contribution is 8.00. The number of fused-ring (bicyclic) bond motifs is 1. The van der Waals surface area contributed by atoms with Gasteiger partial charge in [-0.2, -0.15) is 0 Å². The molecule has 10 nitrogen and oxygen atoms in total. The van der Waals surface area contributed by atoms with Crippen LogP contribution in [0.15, 0.2) is 22.3 Å². The summed E-state index contributed by atoms with van der Waals surface area (Å²) < 4.78 is 0. The number of thioether (sulfide) groups is 1. The molecule has 2 aliphatic rings. The summed E-state index contributed by atoms with van der Waals surface area (Å²) in [5.74, 6) is -2.13. The summed E-state index contributed by atoms with van der Waals surface area (Å²) in [6.07, 6.45) is 1.44. The van der Waals surface area contributed by atoms with Gasteiger partial charge < -0.3 is 21.4 Å². The molecule has 2 amide bonds. The van der Waals surface area contributed by atoms with Crippen molar-refractivity contribution in [3.63, 3.8) is 0 Å². The minimum atomic E-state index is -1.20. The van der Waals surface area contributed by atoms with E-state index in [1.807, 2.05) is 0 Å².